The summed E-state index contributed by atoms with van der Waals surface area (Å²) < 4.78 is 0. The molecule has 0 aliphatic carbocycles. The van der Waals surface area contributed by atoms with Gasteiger partial charge in [-0.1, -0.05) is 20.8 Å². The lowest BCUT2D eigenvalue weighted by molar-refractivity contribution is -0.126. The molecule has 1 unspecified atom stereocenters. The largest absolute Gasteiger partial charge is 0.350 e. The number of amides is 3. The first-order valence-corrected chi connectivity index (χ1v) is 3.80. The van der Waals surface area contributed by atoms with E-state index in [1.807, 2.05) is 19.3 Å². The van der Waals surface area contributed by atoms with Gasteiger partial charge >= 0.3 is 6.03 Å². The molecule has 0 aromatic rings. The molecule has 0 aliphatic rings. The fourth-order valence-electron chi connectivity index (χ4n) is 0.540. The minimum absolute atomic E-state index is 0.142. The van der Waals surface area contributed by atoms with Gasteiger partial charge in [-0.15, -0.1) is 0 Å². The van der Waals surface area contributed by atoms with Crippen molar-refractivity contribution in [3.8, 4) is 0 Å². The quantitative estimate of drug-likeness (QED) is 0.512. The minimum atomic E-state index is -0.765. The van der Waals surface area contributed by atoms with Crippen molar-refractivity contribution in [2.75, 3.05) is 0 Å². The second-order valence-corrected chi connectivity index (χ2v) is 3.01. The van der Waals surface area contributed by atoms with Crippen LogP contribution in [0.25, 0.3) is 0 Å². The van der Waals surface area contributed by atoms with Crippen LogP contribution < -0.4 is 16.6 Å². The highest BCUT2D eigenvalue weighted by Gasteiger charge is 2.16. The molecule has 5 heteroatoms. The van der Waals surface area contributed by atoms with Gasteiger partial charge in [0.15, 0.2) is 0 Å². The van der Waals surface area contributed by atoms with E-state index in [9.17, 15) is 9.59 Å². The number of nitrogens with one attached hydrogen (secondary N) is 2. The number of urea groups is 1. The molecule has 0 rings (SSSR count). The van der Waals surface area contributed by atoms with Crippen molar-refractivity contribution in [1.29, 1.82) is 0 Å². The Kier molecular flexibility index (Phi) is 4.10. The molecule has 0 saturated carbocycles. The smallest absolute Gasteiger partial charge is 0.330 e. The Morgan fingerprint density at radius 2 is 1.67 bits per heavy atom. The molecule has 70 valence electrons. The van der Waals surface area contributed by atoms with Crippen molar-refractivity contribution < 1.29 is 9.59 Å². The number of primary amides is 1. The molecular formula is C7H15N3O2. The summed E-state index contributed by atoms with van der Waals surface area (Å²) in [6.45, 7) is 5.63. The second kappa shape index (κ2) is 4.58. The third kappa shape index (κ3) is 3.80. The molecule has 5 nitrogen and oxygen atoms in total. The van der Waals surface area contributed by atoms with E-state index >= 15 is 0 Å². The molecule has 0 radical (unpaired) electrons. The fourth-order valence-corrected chi connectivity index (χ4v) is 0.540. The molecule has 12 heavy (non-hydrogen) atoms. The highest BCUT2D eigenvalue weighted by Crippen LogP contribution is 2.08. The van der Waals surface area contributed by atoms with Crippen molar-refractivity contribution in [1.82, 2.24) is 10.9 Å². The van der Waals surface area contributed by atoms with Crippen LogP contribution in [0, 0.1) is 11.8 Å². The number of hydrogen-bond donors (Lipinski definition) is 3. The van der Waals surface area contributed by atoms with Gasteiger partial charge in [-0.2, -0.15) is 0 Å². The molecule has 0 heterocycles. The first kappa shape index (κ1) is 10.7. The van der Waals surface area contributed by atoms with Gasteiger partial charge in [-0.3, -0.25) is 10.2 Å². The molecule has 0 aliphatic heterocycles. The predicted octanol–water partition coefficient (Wildman–Crippen LogP) is -0.0220. The van der Waals surface area contributed by atoms with E-state index in [2.05, 4.69) is 5.43 Å². The van der Waals surface area contributed by atoms with Crippen molar-refractivity contribution in [3.63, 3.8) is 0 Å². The number of carbonyl (C=O) groups is 2. The summed E-state index contributed by atoms with van der Waals surface area (Å²) in [5.74, 6) is -0.139. The predicted molar refractivity (Wildman–Crippen MR) is 44.9 cm³/mol. The van der Waals surface area contributed by atoms with Crippen molar-refractivity contribution in [3.05, 3.63) is 0 Å². The van der Waals surface area contributed by atoms with Gasteiger partial charge in [-0.25, -0.2) is 10.2 Å². The van der Waals surface area contributed by atoms with Crippen LogP contribution >= 0.6 is 0 Å². The van der Waals surface area contributed by atoms with Crippen LogP contribution in [0.1, 0.15) is 20.8 Å². The molecular weight excluding hydrogens is 158 g/mol. The van der Waals surface area contributed by atoms with E-state index in [1.165, 1.54) is 0 Å². The molecule has 0 saturated heterocycles. The Morgan fingerprint density at radius 1 is 1.17 bits per heavy atom. The lowest BCUT2D eigenvalue weighted by Gasteiger charge is -2.14. The SMILES string of the molecule is CC(C)C(C)C(=O)NNC(N)=O. The summed E-state index contributed by atoms with van der Waals surface area (Å²) in [5, 5.41) is 0. The summed E-state index contributed by atoms with van der Waals surface area (Å²) in [7, 11) is 0. The van der Waals surface area contributed by atoms with Gasteiger partial charge in [0.05, 0.1) is 0 Å². The van der Waals surface area contributed by atoms with Gasteiger partial charge in [0, 0.05) is 5.92 Å². The van der Waals surface area contributed by atoms with Crippen LogP contribution in [0.15, 0.2) is 0 Å². The maximum absolute atomic E-state index is 11.1. The first-order chi connectivity index (χ1) is 5.45. The molecule has 0 aromatic heterocycles. The summed E-state index contributed by atoms with van der Waals surface area (Å²) in [6, 6.07) is -0.765. The average molecular weight is 173 g/mol. The standard InChI is InChI=1S/C7H15N3O2/c1-4(2)5(3)6(11)9-10-7(8)12/h4-5H,1-3H3,(H,9,11)(H3,8,10,12). The lowest BCUT2D eigenvalue weighted by Crippen LogP contribution is -2.47. The third-order valence-corrected chi connectivity index (χ3v) is 1.72. The zero-order valence-corrected chi connectivity index (χ0v) is 7.55. The number of hydrogen-bond acceptors (Lipinski definition) is 2. The molecule has 0 bridgehead atoms. The molecule has 4 N–H and O–H groups in total. The van der Waals surface area contributed by atoms with Crippen LogP contribution in [0.2, 0.25) is 0 Å². The summed E-state index contributed by atoms with van der Waals surface area (Å²) in [5.41, 5.74) is 8.97. The van der Waals surface area contributed by atoms with Crippen LogP contribution in [0.3, 0.4) is 0 Å². The normalized spacial score (nSPS) is 12.3. The van der Waals surface area contributed by atoms with Crippen LogP contribution in [0.4, 0.5) is 4.79 Å². The van der Waals surface area contributed by atoms with Crippen LogP contribution in [-0.4, -0.2) is 11.9 Å². The van der Waals surface area contributed by atoms with Gasteiger partial charge in [0.2, 0.25) is 5.91 Å². The Balaban J connectivity index is 3.80. The Labute approximate surface area is 71.7 Å². The van der Waals surface area contributed by atoms with Crippen molar-refractivity contribution >= 4 is 11.9 Å². The average Bonchev–Trinajstić information content (AvgIpc) is 1.98. The highest BCUT2D eigenvalue weighted by atomic mass is 16.2. The van der Waals surface area contributed by atoms with Gasteiger partial charge in [-0.05, 0) is 5.92 Å². The highest BCUT2D eigenvalue weighted by molar-refractivity contribution is 5.81. The third-order valence-electron chi connectivity index (χ3n) is 1.72. The minimum Gasteiger partial charge on any atom is -0.350 e. The van der Waals surface area contributed by atoms with Gasteiger partial charge in [0.25, 0.3) is 0 Å². The molecule has 0 fully saturated rings. The second-order valence-electron chi connectivity index (χ2n) is 3.01. The Morgan fingerprint density at radius 3 is 2.00 bits per heavy atom. The van der Waals surface area contributed by atoms with Gasteiger partial charge < -0.3 is 5.73 Å². The van der Waals surface area contributed by atoms with E-state index in [-0.39, 0.29) is 17.7 Å². The topological polar surface area (TPSA) is 84.2 Å². The zero-order valence-electron chi connectivity index (χ0n) is 7.55. The number of rotatable bonds is 2. The van der Waals surface area contributed by atoms with Crippen LogP contribution in [-0.2, 0) is 4.79 Å². The van der Waals surface area contributed by atoms with Crippen LogP contribution in [0.5, 0.6) is 0 Å². The maximum Gasteiger partial charge on any atom is 0.330 e. The molecule has 0 aromatic carbocycles. The lowest BCUT2D eigenvalue weighted by atomic mass is 9.98. The zero-order chi connectivity index (χ0) is 9.72. The van der Waals surface area contributed by atoms with Gasteiger partial charge in [0.1, 0.15) is 0 Å². The Bertz CT molecular complexity index is 179. The summed E-state index contributed by atoms with van der Waals surface area (Å²) in [4.78, 5) is 21.3. The molecule has 3 amide bonds. The maximum atomic E-state index is 11.1. The number of nitrogens with two attached hydrogens (primary N) is 1. The van der Waals surface area contributed by atoms with E-state index in [0.717, 1.165) is 0 Å². The number of hydrazine groups is 1. The van der Waals surface area contributed by atoms with Crippen molar-refractivity contribution in [2.24, 2.45) is 17.6 Å². The summed E-state index contributed by atoms with van der Waals surface area (Å²) in [6.07, 6.45) is 0. The van der Waals surface area contributed by atoms with E-state index in [0.29, 0.717) is 0 Å². The van der Waals surface area contributed by atoms with E-state index < -0.39 is 6.03 Å². The van der Waals surface area contributed by atoms with Crippen molar-refractivity contribution in [2.45, 2.75) is 20.8 Å². The Hall–Kier alpha value is -1.26. The van der Waals surface area contributed by atoms with E-state index in [4.69, 9.17) is 5.73 Å². The van der Waals surface area contributed by atoms with E-state index in [1.54, 1.807) is 6.92 Å². The summed E-state index contributed by atoms with van der Waals surface area (Å²) >= 11 is 0. The number of carbonyl (C=O) groups excluding carboxylic acids is 2. The fraction of sp³-hybridized carbons (Fsp3) is 0.714. The monoisotopic (exact) mass is 173 g/mol. The molecule has 1 atom stereocenters. The molecule has 0 spiro atoms. The first-order valence-electron chi connectivity index (χ1n) is 3.80.